The minimum absolute atomic E-state index is 0.449. The van der Waals surface area contributed by atoms with E-state index in [2.05, 4.69) is 46.1 Å². The van der Waals surface area contributed by atoms with Crippen molar-refractivity contribution < 1.29 is 8.85 Å². The Balaban J connectivity index is 5.10. The van der Waals surface area contributed by atoms with Crippen LogP contribution >= 0.6 is 0 Å². The highest BCUT2D eigenvalue weighted by atomic mass is 28.4. The average Bonchev–Trinajstić information content (AvgIpc) is 2.14. The molecule has 0 aliphatic rings. The second kappa shape index (κ2) is 6.74. The fraction of sp³-hybridized carbons (Fsp3) is 1.00. The molecule has 0 rings (SSSR count). The molecule has 0 radical (unpaired) electrons. The maximum absolute atomic E-state index is 5.83. The van der Waals surface area contributed by atoms with Gasteiger partial charge in [0.15, 0.2) is 0 Å². The molecule has 0 atom stereocenters. The van der Waals surface area contributed by atoms with E-state index in [9.17, 15) is 0 Å². The quantitative estimate of drug-likeness (QED) is 0.646. The molecule has 0 aliphatic carbocycles. The van der Waals surface area contributed by atoms with Crippen molar-refractivity contribution >= 4 is 8.72 Å². The van der Waals surface area contributed by atoms with Crippen LogP contribution in [0, 0.1) is 5.92 Å². The molecule has 0 aromatic rings. The van der Waals surface area contributed by atoms with E-state index in [1.54, 1.807) is 14.2 Å². The lowest BCUT2D eigenvalue weighted by Gasteiger charge is -2.44. The van der Waals surface area contributed by atoms with Gasteiger partial charge in [0.05, 0.1) is 0 Å². The summed E-state index contributed by atoms with van der Waals surface area (Å²) in [5.41, 5.74) is 0. The summed E-state index contributed by atoms with van der Waals surface area (Å²) >= 11 is 0. The molecule has 0 bridgehead atoms. The highest BCUT2D eigenvalue weighted by Gasteiger charge is 2.46. The van der Waals surface area contributed by atoms with Crippen molar-refractivity contribution in [1.82, 2.24) is 4.57 Å². The normalized spacial score (nSPS) is 13.5. The average molecular weight is 247 g/mol. The first-order chi connectivity index (χ1) is 7.30. The Morgan fingerprint density at radius 2 is 1.25 bits per heavy atom. The number of hydrogen-bond donors (Lipinski definition) is 0. The van der Waals surface area contributed by atoms with E-state index in [-0.39, 0.29) is 0 Å². The first-order valence-electron chi connectivity index (χ1n) is 6.19. The van der Waals surface area contributed by atoms with E-state index < -0.39 is 8.72 Å². The van der Waals surface area contributed by atoms with Crippen LogP contribution in [0.1, 0.15) is 41.5 Å². The molecule has 4 heteroatoms. The van der Waals surface area contributed by atoms with Gasteiger partial charge < -0.3 is 8.85 Å². The van der Waals surface area contributed by atoms with Crippen LogP contribution in [0.25, 0.3) is 0 Å². The maximum Gasteiger partial charge on any atom is 0.427 e. The maximum atomic E-state index is 5.83. The zero-order valence-electron chi connectivity index (χ0n) is 12.2. The van der Waals surface area contributed by atoms with E-state index in [4.69, 9.17) is 8.85 Å². The first-order valence-corrected chi connectivity index (χ1v) is 8.16. The molecule has 0 N–H and O–H groups in total. The van der Waals surface area contributed by atoms with Gasteiger partial charge in [-0.05, 0) is 5.92 Å². The summed E-state index contributed by atoms with van der Waals surface area (Å²) in [6.07, 6.45) is 0. The molecular weight excluding hydrogens is 218 g/mol. The lowest BCUT2D eigenvalue weighted by Crippen LogP contribution is -2.63. The molecule has 0 aromatic heterocycles. The summed E-state index contributed by atoms with van der Waals surface area (Å²) in [5, 5.41) is 0. The van der Waals surface area contributed by atoms with Gasteiger partial charge in [-0.3, -0.25) is 4.57 Å². The van der Waals surface area contributed by atoms with E-state index >= 15 is 0 Å². The zero-order valence-corrected chi connectivity index (χ0v) is 13.2. The van der Waals surface area contributed by atoms with E-state index in [0.717, 1.165) is 6.04 Å². The predicted octanol–water partition coefficient (Wildman–Crippen LogP) is 2.99. The SMILES string of the molecule is CO[Si](CC(C)C)(OC)N(C(C)C)C(C)C. The minimum atomic E-state index is -2.23. The van der Waals surface area contributed by atoms with Gasteiger partial charge in [-0.25, -0.2) is 0 Å². The molecule has 0 heterocycles. The number of nitrogens with zero attached hydrogens (tertiary/aromatic N) is 1. The molecule has 3 nitrogen and oxygen atoms in total. The Kier molecular flexibility index (Phi) is 6.78. The Hall–Kier alpha value is 0.0969. The lowest BCUT2D eigenvalue weighted by atomic mass is 10.3. The van der Waals surface area contributed by atoms with Gasteiger partial charge in [0, 0.05) is 32.3 Å². The topological polar surface area (TPSA) is 21.7 Å². The Morgan fingerprint density at radius 1 is 0.875 bits per heavy atom. The predicted molar refractivity (Wildman–Crippen MR) is 71.5 cm³/mol. The van der Waals surface area contributed by atoms with Crippen molar-refractivity contribution in [3.05, 3.63) is 0 Å². The second-order valence-electron chi connectivity index (χ2n) is 5.31. The molecule has 0 aromatic carbocycles. The van der Waals surface area contributed by atoms with Crippen LogP contribution in [0.15, 0.2) is 0 Å². The number of rotatable bonds is 7. The Labute approximate surface area is 102 Å². The van der Waals surface area contributed by atoms with Crippen molar-refractivity contribution in [2.45, 2.75) is 59.7 Å². The number of hydrogen-bond acceptors (Lipinski definition) is 3. The Bertz CT molecular complexity index is 183. The summed E-state index contributed by atoms with van der Waals surface area (Å²) in [6, 6.07) is 1.91. The third-order valence-electron chi connectivity index (χ3n) is 2.81. The minimum Gasteiger partial charge on any atom is -0.386 e. The highest BCUT2D eigenvalue weighted by molar-refractivity contribution is 6.64. The van der Waals surface area contributed by atoms with Crippen LogP contribution < -0.4 is 0 Å². The van der Waals surface area contributed by atoms with Crippen LogP contribution in [0.5, 0.6) is 0 Å². The smallest absolute Gasteiger partial charge is 0.386 e. The molecule has 0 saturated heterocycles. The van der Waals surface area contributed by atoms with Gasteiger partial charge >= 0.3 is 8.72 Å². The largest absolute Gasteiger partial charge is 0.427 e. The van der Waals surface area contributed by atoms with Crippen LogP contribution in [0.4, 0.5) is 0 Å². The molecule has 0 saturated carbocycles. The molecule has 16 heavy (non-hydrogen) atoms. The molecule has 0 spiro atoms. The standard InChI is InChI=1S/C12H29NO2Si/c1-10(2)9-16(14-7,15-8)13(11(3)4)12(5)6/h10-12H,9H2,1-8H3. The highest BCUT2D eigenvalue weighted by Crippen LogP contribution is 2.26. The van der Waals surface area contributed by atoms with Crippen LogP contribution in [0.3, 0.4) is 0 Å². The Morgan fingerprint density at radius 3 is 1.44 bits per heavy atom. The van der Waals surface area contributed by atoms with Crippen molar-refractivity contribution in [3.8, 4) is 0 Å². The van der Waals surface area contributed by atoms with Gasteiger partial charge in [0.25, 0.3) is 0 Å². The van der Waals surface area contributed by atoms with Gasteiger partial charge in [0.1, 0.15) is 0 Å². The zero-order chi connectivity index (χ0) is 12.9. The first kappa shape index (κ1) is 16.1. The van der Waals surface area contributed by atoms with Gasteiger partial charge in [0.2, 0.25) is 0 Å². The van der Waals surface area contributed by atoms with Gasteiger partial charge in [-0.15, -0.1) is 0 Å². The van der Waals surface area contributed by atoms with Gasteiger partial charge in [-0.2, -0.15) is 0 Å². The molecule has 98 valence electrons. The lowest BCUT2D eigenvalue weighted by molar-refractivity contribution is 0.121. The van der Waals surface area contributed by atoms with Crippen molar-refractivity contribution in [2.75, 3.05) is 14.2 Å². The van der Waals surface area contributed by atoms with Crippen LogP contribution in [-0.4, -0.2) is 39.6 Å². The van der Waals surface area contributed by atoms with Crippen molar-refractivity contribution in [3.63, 3.8) is 0 Å². The fourth-order valence-corrected chi connectivity index (χ4v) is 6.20. The van der Waals surface area contributed by atoms with E-state index in [0.29, 0.717) is 18.0 Å². The monoisotopic (exact) mass is 247 g/mol. The van der Waals surface area contributed by atoms with Crippen LogP contribution in [-0.2, 0) is 8.85 Å². The molecular formula is C12H29NO2Si. The van der Waals surface area contributed by atoms with Crippen molar-refractivity contribution in [2.24, 2.45) is 5.92 Å². The summed E-state index contributed by atoms with van der Waals surface area (Å²) in [4.78, 5) is 0. The van der Waals surface area contributed by atoms with Gasteiger partial charge in [-0.1, -0.05) is 41.5 Å². The summed E-state index contributed by atoms with van der Waals surface area (Å²) in [7, 11) is 1.35. The molecule has 0 unspecified atom stereocenters. The second-order valence-corrected chi connectivity index (χ2v) is 8.48. The molecule has 0 aliphatic heterocycles. The molecule has 0 fully saturated rings. The third-order valence-corrected chi connectivity index (χ3v) is 7.24. The summed E-state index contributed by atoms with van der Waals surface area (Å²) in [5.74, 6) is 0.589. The summed E-state index contributed by atoms with van der Waals surface area (Å²) < 4.78 is 14.1. The molecule has 0 amide bonds. The summed E-state index contributed by atoms with van der Waals surface area (Å²) in [6.45, 7) is 13.3. The van der Waals surface area contributed by atoms with E-state index in [1.807, 2.05) is 0 Å². The van der Waals surface area contributed by atoms with Crippen molar-refractivity contribution in [1.29, 1.82) is 0 Å². The van der Waals surface area contributed by atoms with E-state index in [1.165, 1.54) is 0 Å². The fourth-order valence-electron chi connectivity index (χ4n) is 2.47. The third kappa shape index (κ3) is 3.84. The van der Waals surface area contributed by atoms with Crippen LogP contribution in [0.2, 0.25) is 6.04 Å².